The lowest BCUT2D eigenvalue weighted by Crippen LogP contribution is -2.46. The maximum atomic E-state index is 12.7. The van der Waals surface area contributed by atoms with Gasteiger partial charge in [0.15, 0.2) is 0 Å². The zero-order valence-corrected chi connectivity index (χ0v) is 20.4. The van der Waals surface area contributed by atoms with Gasteiger partial charge in [0.1, 0.15) is 0 Å². The van der Waals surface area contributed by atoms with Crippen LogP contribution in [0.2, 0.25) is 0 Å². The molecule has 3 aromatic rings. The van der Waals surface area contributed by atoms with Crippen molar-refractivity contribution in [3.8, 4) is 0 Å². The first-order chi connectivity index (χ1) is 16.8. The molecule has 0 heterocycles. The third kappa shape index (κ3) is 6.43. The SMILES string of the molecule is CCN(CC)S(=O)(=O)c1cccc(C(=O)NNC(=O)CNC(=O)Cc2cccc3ccccc23)c1. The zero-order chi connectivity index (χ0) is 25.4. The second kappa shape index (κ2) is 11.6. The summed E-state index contributed by atoms with van der Waals surface area (Å²) in [5, 5.41) is 4.51. The van der Waals surface area contributed by atoms with E-state index in [-0.39, 0.29) is 29.3 Å². The fraction of sp³-hybridized carbons (Fsp3) is 0.240. The van der Waals surface area contributed by atoms with E-state index >= 15 is 0 Å². The number of sulfonamides is 1. The van der Waals surface area contributed by atoms with Crippen molar-refractivity contribution in [1.29, 1.82) is 0 Å². The summed E-state index contributed by atoms with van der Waals surface area (Å²) in [6.07, 6.45) is 0.106. The molecular weight excluding hydrogens is 468 g/mol. The number of amides is 3. The van der Waals surface area contributed by atoms with Crippen LogP contribution in [0.5, 0.6) is 0 Å². The zero-order valence-electron chi connectivity index (χ0n) is 19.6. The Morgan fingerprint density at radius 3 is 2.26 bits per heavy atom. The van der Waals surface area contributed by atoms with Gasteiger partial charge < -0.3 is 5.32 Å². The minimum absolute atomic E-state index is 0.0131. The fourth-order valence-electron chi connectivity index (χ4n) is 3.61. The van der Waals surface area contributed by atoms with E-state index < -0.39 is 21.8 Å². The predicted molar refractivity (Wildman–Crippen MR) is 133 cm³/mol. The Balaban J connectivity index is 1.52. The molecule has 0 saturated carbocycles. The quantitative estimate of drug-likeness (QED) is 0.391. The molecule has 0 aliphatic carbocycles. The number of benzene rings is 3. The Labute approximate surface area is 204 Å². The van der Waals surface area contributed by atoms with E-state index in [9.17, 15) is 22.8 Å². The molecule has 3 rings (SSSR count). The number of carbonyl (C=O) groups is 3. The molecular formula is C25H28N4O5S. The molecule has 0 unspecified atom stereocenters. The molecule has 0 fully saturated rings. The molecule has 0 spiro atoms. The van der Waals surface area contributed by atoms with Crippen molar-refractivity contribution in [2.75, 3.05) is 19.6 Å². The van der Waals surface area contributed by atoms with E-state index in [0.29, 0.717) is 13.1 Å². The summed E-state index contributed by atoms with van der Waals surface area (Å²) >= 11 is 0. The Hall–Kier alpha value is -3.76. The average molecular weight is 497 g/mol. The number of fused-ring (bicyclic) bond motifs is 1. The van der Waals surface area contributed by atoms with Crippen LogP contribution in [0.1, 0.15) is 29.8 Å². The number of hydrazine groups is 1. The molecule has 184 valence electrons. The molecule has 3 amide bonds. The van der Waals surface area contributed by atoms with Gasteiger partial charge in [0.2, 0.25) is 15.9 Å². The molecule has 0 aromatic heterocycles. The minimum atomic E-state index is -3.73. The lowest BCUT2D eigenvalue weighted by atomic mass is 10.0. The van der Waals surface area contributed by atoms with Gasteiger partial charge in [-0.05, 0) is 34.5 Å². The van der Waals surface area contributed by atoms with Gasteiger partial charge in [0.25, 0.3) is 11.8 Å². The Morgan fingerprint density at radius 1 is 0.829 bits per heavy atom. The fourth-order valence-corrected chi connectivity index (χ4v) is 5.12. The van der Waals surface area contributed by atoms with Gasteiger partial charge in [-0.2, -0.15) is 4.31 Å². The topological polar surface area (TPSA) is 125 Å². The van der Waals surface area contributed by atoms with E-state index in [1.165, 1.54) is 28.6 Å². The summed E-state index contributed by atoms with van der Waals surface area (Å²) < 4.78 is 26.6. The van der Waals surface area contributed by atoms with Crippen LogP contribution in [0.4, 0.5) is 0 Å². The van der Waals surface area contributed by atoms with Crippen LogP contribution in [0.15, 0.2) is 71.6 Å². The lowest BCUT2D eigenvalue weighted by Gasteiger charge is -2.18. The summed E-state index contributed by atoms with van der Waals surface area (Å²) in [4.78, 5) is 36.8. The standard InChI is InChI=1S/C25H28N4O5S/c1-3-29(4-2)35(33,34)21-13-8-12-20(15-21)25(32)28-27-24(31)17-26-23(30)16-19-11-7-10-18-9-5-6-14-22(18)19/h5-15H,3-4,16-17H2,1-2H3,(H,26,30)(H,27,31)(H,28,32). The van der Waals surface area contributed by atoms with E-state index in [1.807, 2.05) is 42.5 Å². The molecule has 0 aliphatic rings. The van der Waals surface area contributed by atoms with E-state index in [4.69, 9.17) is 0 Å². The van der Waals surface area contributed by atoms with Gasteiger partial charge in [-0.25, -0.2) is 8.42 Å². The highest BCUT2D eigenvalue weighted by Gasteiger charge is 2.22. The highest BCUT2D eigenvalue weighted by Crippen LogP contribution is 2.19. The highest BCUT2D eigenvalue weighted by atomic mass is 32.2. The minimum Gasteiger partial charge on any atom is -0.347 e. The Kier molecular flexibility index (Phi) is 8.56. The Morgan fingerprint density at radius 2 is 1.51 bits per heavy atom. The monoisotopic (exact) mass is 496 g/mol. The Bertz CT molecular complexity index is 1330. The summed E-state index contributed by atoms with van der Waals surface area (Å²) in [6, 6.07) is 19.0. The smallest absolute Gasteiger partial charge is 0.269 e. The molecule has 0 atom stereocenters. The first-order valence-electron chi connectivity index (χ1n) is 11.2. The third-order valence-electron chi connectivity index (χ3n) is 5.43. The molecule has 3 aromatic carbocycles. The molecule has 35 heavy (non-hydrogen) atoms. The van der Waals surface area contributed by atoms with Gasteiger partial charge in [0, 0.05) is 18.7 Å². The highest BCUT2D eigenvalue weighted by molar-refractivity contribution is 7.89. The normalized spacial score (nSPS) is 11.3. The summed E-state index contributed by atoms with van der Waals surface area (Å²) in [6.45, 7) is 3.73. The van der Waals surface area contributed by atoms with Gasteiger partial charge in [0.05, 0.1) is 17.9 Å². The maximum absolute atomic E-state index is 12.7. The van der Waals surface area contributed by atoms with Crippen molar-refractivity contribution in [3.05, 3.63) is 77.9 Å². The number of rotatable bonds is 9. The van der Waals surface area contributed by atoms with Crippen molar-refractivity contribution in [1.82, 2.24) is 20.5 Å². The van der Waals surface area contributed by atoms with Crippen LogP contribution in [0, 0.1) is 0 Å². The van der Waals surface area contributed by atoms with Crippen LogP contribution in [0.3, 0.4) is 0 Å². The lowest BCUT2D eigenvalue weighted by molar-refractivity contribution is -0.126. The molecule has 0 saturated heterocycles. The van der Waals surface area contributed by atoms with Gasteiger partial charge in [-0.15, -0.1) is 0 Å². The van der Waals surface area contributed by atoms with Crippen LogP contribution < -0.4 is 16.2 Å². The van der Waals surface area contributed by atoms with Crippen LogP contribution in [-0.2, 0) is 26.0 Å². The van der Waals surface area contributed by atoms with Crippen molar-refractivity contribution in [3.63, 3.8) is 0 Å². The molecule has 10 heteroatoms. The summed E-state index contributed by atoms with van der Waals surface area (Å²) in [5.74, 6) is -1.65. The first kappa shape index (κ1) is 25.9. The maximum Gasteiger partial charge on any atom is 0.269 e. The van der Waals surface area contributed by atoms with Crippen molar-refractivity contribution >= 4 is 38.5 Å². The van der Waals surface area contributed by atoms with E-state index in [0.717, 1.165) is 16.3 Å². The van der Waals surface area contributed by atoms with Gasteiger partial charge in [-0.3, -0.25) is 25.2 Å². The van der Waals surface area contributed by atoms with E-state index in [2.05, 4.69) is 16.2 Å². The van der Waals surface area contributed by atoms with Gasteiger partial charge >= 0.3 is 0 Å². The first-order valence-corrected chi connectivity index (χ1v) is 12.6. The molecule has 3 N–H and O–H groups in total. The number of carbonyl (C=O) groups excluding carboxylic acids is 3. The molecule has 0 bridgehead atoms. The van der Waals surface area contributed by atoms with Crippen LogP contribution in [-0.4, -0.2) is 50.1 Å². The van der Waals surface area contributed by atoms with Gasteiger partial charge in [-0.1, -0.05) is 62.4 Å². The third-order valence-corrected chi connectivity index (χ3v) is 7.48. The number of hydrogen-bond acceptors (Lipinski definition) is 5. The van der Waals surface area contributed by atoms with Crippen LogP contribution >= 0.6 is 0 Å². The number of hydrogen-bond donors (Lipinski definition) is 3. The van der Waals surface area contributed by atoms with E-state index in [1.54, 1.807) is 13.8 Å². The number of nitrogens with one attached hydrogen (secondary N) is 3. The second-order valence-electron chi connectivity index (χ2n) is 7.71. The number of nitrogens with zero attached hydrogens (tertiary/aromatic N) is 1. The second-order valence-corrected chi connectivity index (χ2v) is 9.65. The predicted octanol–water partition coefficient (Wildman–Crippen LogP) is 1.99. The molecule has 0 radical (unpaired) electrons. The average Bonchev–Trinajstić information content (AvgIpc) is 2.87. The van der Waals surface area contributed by atoms with Crippen LogP contribution in [0.25, 0.3) is 10.8 Å². The van der Waals surface area contributed by atoms with Crippen molar-refractivity contribution < 1.29 is 22.8 Å². The van der Waals surface area contributed by atoms with Crippen molar-refractivity contribution in [2.45, 2.75) is 25.2 Å². The molecule has 9 nitrogen and oxygen atoms in total. The summed E-state index contributed by atoms with van der Waals surface area (Å²) in [5.41, 5.74) is 5.36. The largest absolute Gasteiger partial charge is 0.347 e. The van der Waals surface area contributed by atoms with Crippen molar-refractivity contribution in [2.24, 2.45) is 0 Å². The summed E-state index contributed by atoms with van der Waals surface area (Å²) in [7, 11) is -3.73. The molecule has 0 aliphatic heterocycles.